The number of nitrogens with zero attached hydrogens (tertiary/aromatic N) is 3. The van der Waals surface area contributed by atoms with Gasteiger partial charge in [0, 0.05) is 22.8 Å². The fourth-order valence-electron chi connectivity index (χ4n) is 1.43. The summed E-state index contributed by atoms with van der Waals surface area (Å²) in [7, 11) is 0. The Hall–Kier alpha value is -1.70. The van der Waals surface area contributed by atoms with Crippen LogP contribution in [0.5, 0.6) is 0 Å². The van der Waals surface area contributed by atoms with Gasteiger partial charge in [0.05, 0.1) is 12.7 Å². The molecule has 1 atom stereocenters. The number of hydrogen-bond donors (Lipinski definition) is 4. The van der Waals surface area contributed by atoms with E-state index in [1.54, 1.807) is 18.2 Å². The average Bonchev–Trinajstić information content (AvgIpc) is 2.89. The molecule has 18 heavy (non-hydrogen) atoms. The largest absolute Gasteiger partial charge is 0.394 e. The van der Waals surface area contributed by atoms with Crippen molar-refractivity contribution in [2.24, 2.45) is 0 Å². The standard InChI is InChI=1S/C10H12ClN5O2/c11-6-1-2-8(10-13-15-16-14-10)9(3-6)12-4-7(18)5-17/h1-3,7,12,17-18H,4-5H2,(H,13,14,15,16). The summed E-state index contributed by atoms with van der Waals surface area (Å²) in [5.74, 6) is 0.424. The molecule has 0 saturated carbocycles. The van der Waals surface area contributed by atoms with E-state index >= 15 is 0 Å². The Bertz CT molecular complexity index is 505. The van der Waals surface area contributed by atoms with Gasteiger partial charge < -0.3 is 15.5 Å². The zero-order valence-electron chi connectivity index (χ0n) is 9.34. The molecular weight excluding hydrogens is 258 g/mol. The number of aliphatic hydroxyl groups is 2. The molecule has 0 aliphatic carbocycles. The topological polar surface area (TPSA) is 107 Å². The Morgan fingerprint density at radius 2 is 2.28 bits per heavy atom. The fraction of sp³-hybridized carbons (Fsp3) is 0.300. The Morgan fingerprint density at radius 1 is 1.44 bits per heavy atom. The van der Waals surface area contributed by atoms with Gasteiger partial charge in [0.1, 0.15) is 0 Å². The van der Waals surface area contributed by atoms with Gasteiger partial charge in [-0.25, -0.2) is 0 Å². The van der Waals surface area contributed by atoms with Crippen molar-refractivity contribution in [2.45, 2.75) is 6.10 Å². The first-order valence-corrected chi connectivity index (χ1v) is 5.64. The number of aliphatic hydroxyl groups excluding tert-OH is 2. The third-order valence-corrected chi connectivity index (χ3v) is 2.54. The fourth-order valence-corrected chi connectivity index (χ4v) is 1.60. The van der Waals surface area contributed by atoms with E-state index in [4.69, 9.17) is 16.7 Å². The van der Waals surface area contributed by atoms with Crippen LogP contribution in [0.4, 0.5) is 5.69 Å². The number of benzene rings is 1. The summed E-state index contributed by atoms with van der Waals surface area (Å²) in [5, 5.41) is 35.2. The quantitative estimate of drug-likeness (QED) is 0.621. The molecule has 1 aromatic heterocycles. The maximum atomic E-state index is 9.31. The monoisotopic (exact) mass is 269 g/mol. The average molecular weight is 270 g/mol. The summed E-state index contributed by atoms with van der Waals surface area (Å²) >= 11 is 5.91. The van der Waals surface area contributed by atoms with Gasteiger partial charge in [0.25, 0.3) is 0 Å². The highest BCUT2D eigenvalue weighted by atomic mass is 35.5. The maximum absolute atomic E-state index is 9.31. The van der Waals surface area contributed by atoms with Crippen LogP contribution in [0.15, 0.2) is 18.2 Å². The number of aromatic amines is 1. The van der Waals surface area contributed by atoms with Crippen LogP contribution < -0.4 is 5.32 Å². The lowest BCUT2D eigenvalue weighted by atomic mass is 10.1. The van der Waals surface area contributed by atoms with Crippen LogP contribution in [0.25, 0.3) is 11.4 Å². The van der Waals surface area contributed by atoms with E-state index in [0.717, 1.165) is 0 Å². The molecule has 0 amide bonds. The van der Waals surface area contributed by atoms with Crippen LogP contribution in [0.1, 0.15) is 0 Å². The molecule has 96 valence electrons. The van der Waals surface area contributed by atoms with Crippen LogP contribution in [0.3, 0.4) is 0 Å². The van der Waals surface area contributed by atoms with Gasteiger partial charge in [-0.2, -0.15) is 5.21 Å². The summed E-state index contributed by atoms with van der Waals surface area (Å²) in [5.41, 5.74) is 1.37. The lowest BCUT2D eigenvalue weighted by Gasteiger charge is -2.13. The Morgan fingerprint density at radius 3 is 2.94 bits per heavy atom. The summed E-state index contributed by atoms with van der Waals surface area (Å²) < 4.78 is 0. The van der Waals surface area contributed by atoms with Gasteiger partial charge in [-0.3, -0.25) is 0 Å². The Kier molecular flexibility index (Phi) is 4.08. The van der Waals surface area contributed by atoms with Crippen LogP contribution in [0.2, 0.25) is 5.02 Å². The summed E-state index contributed by atoms with van der Waals surface area (Å²) in [6.07, 6.45) is -0.845. The molecule has 2 rings (SSSR count). The SMILES string of the molecule is OCC(O)CNc1cc(Cl)ccc1-c1nn[nH]n1. The number of nitrogens with one attached hydrogen (secondary N) is 2. The van der Waals surface area contributed by atoms with Crippen molar-refractivity contribution in [1.82, 2.24) is 20.6 Å². The van der Waals surface area contributed by atoms with Crippen LogP contribution in [-0.2, 0) is 0 Å². The molecule has 0 saturated heterocycles. The molecule has 1 unspecified atom stereocenters. The Balaban J connectivity index is 2.24. The lowest BCUT2D eigenvalue weighted by Crippen LogP contribution is -2.23. The van der Waals surface area contributed by atoms with Crippen molar-refractivity contribution in [3.8, 4) is 11.4 Å². The van der Waals surface area contributed by atoms with E-state index in [1.807, 2.05) is 0 Å². The van der Waals surface area contributed by atoms with E-state index in [0.29, 0.717) is 22.1 Å². The summed E-state index contributed by atoms with van der Waals surface area (Å²) in [6, 6.07) is 5.15. The maximum Gasteiger partial charge on any atom is 0.206 e. The summed E-state index contributed by atoms with van der Waals surface area (Å²) in [6.45, 7) is -0.118. The molecule has 0 radical (unpaired) electrons. The number of H-pyrrole nitrogens is 1. The number of aromatic nitrogens is 4. The molecule has 0 fully saturated rings. The minimum atomic E-state index is -0.845. The highest BCUT2D eigenvalue weighted by molar-refractivity contribution is 6.31. The first kappa shape index (κ1) is 12.7. The number of hydrogen-bond acceptors (Lipinski definition) is 6. The second-order valence-electron chi connectivity index (χ2n) is 3.64. The second kappa shape index (κ2) is 5.76. The van der Waals surface area contributed by atoms with Gasteiger partial charge in [0.2, 0.25) is 5.82 Å². The van der Waals surface area contributed by atoms with E-state index in [-0.39, 0.29) is 13.2 Å². The van der Waals surface area contributed by atoms with E-state index in [9.17, 15) is 5.11 Å². The van der Waals surface area contributed by atoms with E-state index < -0.39 is 6.10 Å². The first-order valence-electron chi connectivity index (χ1n) is 5.27. The molecule has 1 aromatic carbocycles. The molecule has 1 heterocycles. The highest BCUT2D eigenvalue weighted by Gasteiger charge is 2.11. The molecule has 4 N–H and O–H groups in total. The van der Waals surface area contributed by atoms with Crippen LogP contribution >= 0.6 is 11.6 Å². The number of tetrazole rings is 1. The lowest BCUT2D eigenvalue weighted by molar-refractivity contribution is 0.105. The summed E-state index contributed by atoms with van der Waals surface area (Å²) in [4.78, 5) is 0. The predicted octanol–water partition coefficient (Wildman–Crippen LogP) is 0.285. The van der Waals surface area contributed by atoms with E-state index in [2.05, 4.69) is 25.9 Å². The van der Waals surface area contributed by atoms with Gasteiger partial charge in [-0.15, -0.1) is 10.2 Å². The molecule has 7 nitrogen and oxygen atoms in total. The zero-order valence-corrected chi connectivity index (χ0v) is 10.1. The second-order valence-corrected chi connectivity index (χ2v) is 4.08. The van der Waals surface area contributed by atoms with Crippen molar-refractivity contribution in [1.29, 1.82) is 0 Å². The molecule has 8 heteroatoms. The van der Waals surface area contributed by atoms with E-state index in [1.165, 1.54) is 0 Å². The first-order chi connectivity index (χ1) is 8.70. The van der Waals surface area contributed by atoms with Crippen molar-refractivity contribution in [3.63, 3.8) is 0 Å². The molecule has 2 aromatic rings. The Labute approximate surface area is 108 Å². The smallest absolute Gasteiger partial charge is 0.206 e. The molecule has 0 bridgehead atoms. The van der Waals surface area contributed by atoms with Gasteiger partial charge in [-0.1, -0.05) is 11.6 Å². The molecular formula is C10H12ClN5O2. The number of anilines is 1. The van der Waals surface area contributed by atoms with Crippen LogP contribution in [0, 0.1) is 0 Å². The molecule has 0 aliphatic heterocycles. The van der Waals surface area contributed by atoms with Gasteiger partial charge >= 0.3 is 0 Å². The third kappa shape index (κ3) is 2.95. The van der Waals surface area contributed by atoms with Gasteiger partial charge in [-0.05, 0) is 23.4 Å². The predicted molar refractivity (Wildman–Crippen MR) is 66.2 cm³/mol. The van der Waals surface area contributed by atoms with Crippen LogP contribution in [-0.4, -0.2) is 50.1 Å². The van der Waals surface area contributed by atoms with Crippen molar-refractivity contribution in [3.05, 3.63) is 23.2 Å². The molecule has 0 aliphatic rings. The van der Waals surface area contributed by atoms with Gasteiger partial charge in [0.15, 0.2) is 0 Å². The van der Waals surface area contributed by atoms with Crippen molar-refractivity contribution < 1.29 is 10.2 Å². The zero-order chi connectivity index (χ0) is 13.0. The third-order valence-electron chi connectivity index (χ3n) is 2.31. The molecule has 0 spiro atoms. The highest BCUT2D eigenvalue weighted by Crippen LogP contribution is 2.27. The van der Waals surface area contributed by atoms with Crippen molar-refractivity contribution in [2.75, 3.05) is 18.5 Å². The number of rotatable bonds is 5. The van der Waals surface area contributed by atoms with Crippen molar-refractivity contribution >= 4 is 17.3 Å². The minimum Gasteiger partial charge on any atom is -0.394 e. The normalized spacial score (nSPS) is 12.4. The number of halogens is 1. The minimum absolute atomic E-state index is 0.196.